The van der Waals surface area contributed by atoms with Crippen molar-refractivity contribution in [2.75, 3.05) is 19.4 Å². The van der Waals surface area contributed by atoms with Crippen LogP contribution in [0.5, 0.6) is 0 Å². The summed E-state index contributed by atoms with van der Waals surface area (Å²) in [6, 6.07) is 8.67. The number of urea groups is 1. The van der Waals surface area contributed by atoms with Gasteiger partial charge >= 0.3 is 6.03 Å². The van der Waals surface area contributed by atoms with Gasteiger partial charge in [-0.1, -0.05) is 6.07 Å². The van der Waals surface area contributed by atoms with Crippen LogP contribution >= 0.6 is 0 Å². The number of fused-ring (bicyclic) bond motifs is 2. The minimum atomic E-state index is -0.553. The highest BCUT2D eigenvalue weighted by molar-refractivity contribution is 6.05. The standard InChI is InChI=1S/C22H19N9O2/c1-31(2)22(33)26-13-6-11(8-24-10-13)12-7-15-18(29-30-20(15)25-9-12)21-27-16-5-3-4-14(19(23)32)17(16)28-21/h3-10H,1-2H3,(H2,23,32)(H,26,33)(H,27,28)(H,25,29,30). The molecule has 0 radical (unpaired) electrons. The van der Waals surface area contributed by atoms with Crippen molar-refractivity contribution in [1.82, 2.24) is 35.0 Å². The number of nitrogens with zero attached hydrogens (tertiary/aromatic N) is 5. The second-order valence-electron chi connectivity index (χ2n) is 7.63. The molecule has 11 heteroatoms. The molecule has 5 aromatic rings. The molecule has 11 nitrogen and oxygen atoms in total. The van der Waals surface area contributed by atoms with E-state index in [0.29, 0.717) is 39.4 Å². The number of rotatable bonds is 4. The average Bonchev–Trinajstić information content (AvgIpc) is 3.42. The Balaban J connectivity index is 1.57. The molecular weight excluding hydrogens is 422 g/mol. The lowest BCUT2D eigenvalue weighted by Crippen LogP contribution is -2.27. The van der Waals surface area contributed by atoms with Crippen LogP contribution in [0.3, 0.4) is 0 Å². The zero-order valence-corrected chi connectivity index (χ0v) is 17.7. The summed E-state index contributed by atoms with van der Waals surface area (Å²) in [5, 5.41) is 10.8. The van der Waals surface area contributed by atoms with Crippen molar-refractivity contribution in [3.05, 3.63) is 54.5 Å². The molecular formula is C22H19N9O2. The number of para-hydroxylation sites is 1. The van der Waals surface area contributed by atoms with Gasteiger partial charge in [-0.05, 0) is 24.3 Å². The zero-order chi connectivity index (χ0) is 23.1. The maximum absolute atomic E-state index is 12.0. The first-order valence-electron chi connectivity index (χ1n) is 9.97. The Kier molecular flexibility index (Phi) is 4.70. The topological polar surface area (TPSA) is 159 Å². The van der Waals surface area contributed by atoms with Crippen LogP contribution < -0.4 is 11.1 Å². The Bertz CT molecular complexity index is 1530. The van der Waals surface area contributed by atoms with Gasteiger partial charge in [-0.3, -0.25) is 14.9 Å². The quantitative estimate of drug-likeness (QED) is 0.336. The number of aromatic amines is 2. The van der Waals surface area contributed by atoms with E-state index >= 15 is 0 Å². The Morgan fingerprint density at radius 3 is 2.70 bits per heavy atom. The summed E-state index contributed by atoms with van der Waals surface area (Å²) in [5.74, 6) is -0.0720. The summed E-state index contributed by atoms with van der Waals surface area (Å²) in [5.41, 5.74) is 10.2. The third kappa shape index (κ3) is 3.61. The van der Waals surface area contributed by atoms with E-state index in [4.69, 9.17) is 5.73 Å². The molecule has 4 heterocycles. The number of carbonyl (C=O) groups excluding carboxylic acids is 2. The SMILES string of the molecule is CN(C)C(=O)Nc1cncc(-c2cnc3[nH]nc(-c4nc5c(C(N)=O)cccc5[nH]4)c3c2)c1. The number of primary amides is 1. The van der Waals surface area contributed by atoms with Gasteiger partial charge in [-0.15, -0.1) is 0 Å². The smallest absolute Gasteiger partial charge is 0.321 e. The summed E-state index contributed by atoms with van der Waals surface area (Å²) in [7, 11) is 3.32. The summed E-state index contributed by atoms with van der Waals surface area (Å²) in [6.45, 7) is 0. The fourth-order valence-corrected chi connectivity index (χ4v) is 3.49. The molecule has 0 unspecified atom stereocenters. The van der Waals surface area contributed by atoms with Crippen LogP contribution in [0.25, 0.3) is 44.7 Å². The fraction of sp³-hybridized carbons (Fsp3) is 0.0909. The number of anilines is 1. The minimum absolute atomic E-state index is 0.250. The van der Waals surface area contributed by atoms with Crippen molar-refractivity contribution in [2.45, 2.75) is 0 Å². The molecule has 33 heavy (non-hydrogen) atoms. The molecule has 3 amide bonds. The van der Waals surface area contributed by atoms with Crippen molar-refractivity contribution in [2.24, 2.45) is 5.73 Å². The second kappa shape index (κ2) is 7.71. The van der Waals surface area contributed by atoms with Crippen LogP contribution in [0.4, 0.5) is 10.5 Å². The number of nitrogens with one attached hydrogen (secondary N) is 3. The van der Waals surface area contributed by atoms with E-state index in [2.05, 4.69) is 35.5 Å². The predicted molar refractivity (Wildman–Crippen MR) is 123 cm³/mol. The third-order valence-corrected chi connectivity index (χ3v) is 5.15. The van der Waals surface area contributed by atoms with Gasteiger partial charge in [0.05, 0.1) is 28.4 Å². The van der Waals surface area contributed by atoms with Crippen molar-refractivity contribution in [3.63, 3.8) is 0 Å². The molecule has 0 saturated carbocycles. The molecule has 0 fully saturated rings. The highest BCUT2D eigenvalue weighted by Gasteiger charge is 2.17. The van der Waals surface area contributed by atoms with E-state index in [1.807, 2.05) is 18.2 Å². The number of nitrogens with two attached hydrogens (primary N) is 1. The van der Waals surface area contributed by atoms with E-state index in [1.54, 1.807) is 44.8 Å². The van der Waals surface area contributed by atoms with E-state index in [0.717, 1.165) is 16.5 Å². The molecule has 1 aromatic carbocycles. The van der Waals surface area contributed by atoms with Crippen LogP contribution in [0, 0.1) is 0 Å². The maximum atomic E-state index is 12.0. The Morgan fingerprint density at radius 1 is 1.09 bits per heavy atom. The molecule has 5 rings (SSSR count). The van der Waals surface area contributed by atoms with E-state index in [1.165, 1.54) is 4.90 Å². The largest absolute Gasteiger partial charge is 0.366 e. The molecule has 0 aliphatic heterocycles. The lowest BCUT2D eigenvalue weighted by molar-refractivity contribution is 0.100. The van der Waals surface area contributed by atoms with E-state index < -0.39 is 5.91 Å². The number of benzene rings is 1. The van der Waals surface area contributed by atoms with Crippen molar-refractivity contribution < 1.29 is 9.59 Å². The van der Waals surface area contributed by atoms with Crippen molar-refractivity contribution >= 4 is 39.7 Å². The third-order valence-electron chi connectivity index (χ3n) is 5.15. The molecule has 0 bridgehead atoms. The van der Waals surface area contributed by atoms with Gasteiger partial charge in [0.2, 0.25) is 0 Å². The van der Waals surface area contributed by atoms with Crippen LogP contribution in [0.15, 0.2) is 48.9 Å². The Morgan fingerprint density at radius 2 is 1.91 bits per heavy atom. The molecule has 0 saturated heterocycles. The summed E-state index contributed by atoms with van der Waals surface area (Å²) >= 11 is 0. The number of pyridine rings is 2. The van der Waals surface area contributed by atoms with Crippen LogP contribution in [-0.2, 0) is 0 Å². The van der Waals surface area contributed by atoms with Gasteiger partial charge in [-0.25, -0.2) is 14.8 Å². The monoisotopic (exact) mass is 441 g/mol. The molecule has 4 aromatic heterocycles. The Labute approximate surface area is 187 Å². The van der Waals surface area contributed by atoms with Crippen LogP contribution in [0.1, 0.15) is 10.4 Å². The number of hydrogen-bond donors (Lipinski definition) is 4. The van der Waals surface area contributed by atoms with E-state index in [9.17, 15) is 9.59 Å². The molecule has 0 atom stereocenters. The highest BCUT2D eigenvalue weighted by Crippen LogP contribution is 2.30. The number of aromatic nitrogens is 6. The van der Waals surface area contributed by atoms with Crippen molar-refractivity contribution in [3.8, 4) is 22.6 Å². The molecule has 0 spiro atoms. The average molecular weight is 441 g/mol. The van der Waals surface area contributed by atoms with Gasteiger partial charge in [0, 0.05) is 37.6 Å². The second-order valence-corrected chi connectivity index (χ2v) is 7.63. The first-order chi connectivity index (χ1) is 15.9. The van der Waals surface area contributed by atoms with E-state index in [-0.39, 0.29) is 6.03 Å². The molecule has 0 aliphatic rings. The minimum Gasteiger partial charge on any atom is -0.366 e. The number of imidazole rings is 1. The van der Waals surface area contributed by atoms with Crippen molar-refractivity contribution in [1.29, 1.82) is 0 Å². The zero-order valence-electron chi connectivity index (χ0n) is 17.7. The summed E-state index contributed by atoms with van der Waals surface area (Å²) < 4.78 is 0. The normalized spacial score (nSPS) is 11.1. The molecule has 164 valence electrons. The van der Waals surface area contributed by atoms with Gasteiger partial charge in [-0.2, -0.15) is 5.10 Å². The lowest BCUT2D eigenvalue weighted by Gasteiger charge is -2.12. The summed E-state index contributed by atoms with van der Waals surface area (Å²) in [6.07, 6.45) is 4.96. The van der Waals surface area contributed by atoms with Crippen LogP contribution in [0.2, 0.25) is 0 Å². The number of carbonyl (C=O) groups is 2. The summed E-state index contributed by atoms with van der Waals surface area (Å²) in [4.78, 5) is 41.6. The number of hydrogen-bond acceptors (Lipinski definition) is 6. The highest BCUT2D eigenvalue weighted by atomic mass is 16.2. The molecule has 5 N–H and O–H groups in total. The maximum Gasteiger partial charge on any atom is 0.321 e. The first-order valence-corrected chi connectivity index (χ1v) is 9.97. The van der Waals surface area contributed by atoms with Gasteiger partial charge < -0.3 is 20.9 Å². The first kappa shape index (κ1) is 20.1. The Hall–Kier alpha value is -4.80. The van der Waals surface area contributed by atoms with Crippen LogP contribution in [-0.4, -0.2) is 61.1 Å². The molecule has 0 aliphatic carbocycles. The number of amides is 3. The van der Waals surface area contributed by atoms with Gasteiger partial charge in [0.15, 0.2) is 11.5 Å². The van der Waals surface area contributed by atoms with Gasteiger partial charge in [0.1, 0.15) is 11.2 Å². The number of H-pyrrole nitrogens is 2. The predicted octanol–water partition coefficient (Wildman–Crippen LogP) is 2.76. The lowest BCUT2D eigenvalue weighted by atomic mass is 10.1. The fourth-order valence-electron chi connectivity index (χ4n) is 3.49. The van der Waals surface area contributed by atoms with Gasteiger partial charge in [0.25, 0.3) is 5.91 Å².